The van der Waals surface area contributed by atoms with Crippen molar-refractivity contribution in [3.8, 4) is 0 Å². The Hall–Kier alpha value is -3.52. The van der Waals surface area contributed by atoms with Crippen LogP contribution in [0.5, 0.6) is 0 Å². The van der Waals surface area contributed by atoms with Crippen LogP contribution in [-0.2, 0) is 19.2 Å². The molecule has 0 atom stereocenters. The Morgan fingerprint density at radius 1 is 0.375 bits per heavy atom. The Balaban J connectivity index is 6.62. The highest BCUT2D eigenvalue weighted by atomic mass is 19.4. The molecule has 0 rings (SSSR count). The molecule has 0 amide bonds. The first-order valence-electron chi connectivity index (χ1n) is 11.1. The number of halogens is 22. The molecule has 28 heteroatoms. The number of hydrogen-bond acceptors (Lipinski definition) is 4. The van der Waals surface area contributed by atoms with Crippen molar-refractivity contribution in [3.63, 3.8) is 0 Å². The van der Waals surface area contributed by atoms with Crippen LogP contribution in [0.25, 0.3) is 0 Å². The second-order valence-electron chi connectivity index (χ2n) is 9.08. The largest absolute Gasteiger partial charge is 0.478 e. The van der Waals surface area contributed by atoms with Gasteiger partial charge in [0.25, 0.3) is 11.6 Å². The maximum atomic E-state index is 14.0. The molecule has 0 bridgehead atoms. The highest BCUT2D eigenvalue weighted by molar-refractivity contribution is 5.99. The Labute approximate surface area is 247 Å². The third-order valence-electron chi connectivity index (χ3n) is 5.82. The quantitative estimate of drug-likeness (QED) is 0.126. The fraction of sp³-hybridized carbons (Fsp3) is 0.700. The van der Waals surface area contributed by atoms with Crippen LogP contribution in [0.2, 0.25) is 0 Å². The van der Waals surface area contributed by atoms with Crippen molar-refractivity contribution in [1.82, 2.24) is 0 Å². The number of carboxylic acids is 2. The molecule has 0 heterocycles. The van der Waals surface area contributed by atoms with E-state index in [2.05, 4.69) is 0 Å². The molecule has 2 N–H and O–H groups in total. The topological polar surface area (TPSA) is 109 Å². The summed E-state index contributed by atoms with van der Waals surface area (Å²) in [5, 5.41) is 17.9. The summed E-state index contributed by atoms with van der Waals surface area (Å²) < 4.78 is 289. The van der Waals surface area contributed by atoms with Crippen LogP contribution in [0.15, 0.2) is 11.1 Å². The first kappa shape index (κ1) is 44.5. The van der Waals surface area contributed by atoms with Crippen molar-refractivity contribution >= 4 is 23.5 Å². The molecular formula is C20H10F22O6. The monoisotopic (exact) mass is 764 g/mol. The van der Waals surface area contributed by atoms with Crippen LogP contribution in [0.4, 0.5) is 96.6 Å². The van der Waals surface area contributed by atoms with Gasteiger partial charge in [0.1, 0.15) is 0 Å². The fourth-order valence-corrected chi connectivity index (χ4v) is 3.02. The van der Waals surface area contributed by atoms with Gasteiger partial charge in [0.05, 0.1) is 0 Å². The van der Waals surface area contributed by atoms with Crippen molar-refractivity contribution in [3.05, 3.63) is 11.1 Å². The highest BCUT2D eigenvalue weighted by Gasteiger charge is 2.83. The van der Waals surface area contributed by atoms with Crippen molar-refractivity contribution in [1.29, 1.82) is 0 Å². The van der Waals surface area contributed by atoms with E-state index in [1.54, 1.807) is 0 Å². The van der Waals surface area contributed by atoms with Crippen LogP contribution in [0, 0.1) is 0 Å². The number of alkyl halides is 22. The van der Waals surface area contributed by atoms with E-state index >= 15 is 0 Å². The van der Waals surface area contributed by atoms with Crippen molar-refractivity contribution in [2.45, 2.75) is 85.4 Å². The van der Waals surface area contributed by atoms with Gasteiger partial charge < -0.3 is 10.2 Å². The van der Waals surface area contributed by atoms with Gasteiger partial charge in [-0.15, -0.1) is 0 Å². The summed E-state index contributed by atoms with van der Waals surface area (Å²) in [4.78, 5) is 44.7. The first-order valence-corrected chi connectivity index (χ1v) is 11.1. The zero-order valence-corrected chi connectivity index (χ0v) is 21.7. The lowest BCUT2D eigenvalue weighted by atomic mass is 9.90. The number of carboxylic acid groups (broad SMARTS) is 2. The van der Waals surface area contributed by atoms with Crippen LogP contribution in [-0.4, -0.2) is 93.5 Å². The molecule has 48 heavy (non-hydrogen) atoms. The summed E-state index contributed by atoms with van der Waals surface area (Å²) in [5.74, 6) is -75.3. The molecule has 0 aliphatic heterocycles. The number of ketones is 2. The van der Waals surface area contributed by atoms with Gasteiger partial charge in [0, 0.05) is 24.0 Å². The van der Waals surface area contributed by atoms with Gasteiger partial charge in [-0.2, -0.15) is 96.6 Å². The van der Waals surface area contributed by atoms with E-state index < -0.39 is 120 Å². The molecule has 0 saturated carbocycles. The number of hydrogen-bond donors (Lipinski definition) is 2. The molecule has 0 unspecified atom stereocenters. The fourth-order valence-electron chi connectivity index (χ4n) is 3.02. The average Bonchev–Trinajstić information content (AvgIpc) is 2.86. The van der Waals surface area contributed by atoms with E-state index in [0.717, 1.165) is 0 Å². The summed E-state index contributed by atoms with van der Waals surface area (Å²) in [6.45, 7) is 0. The Bertz CT molecular complexity index is 1210. The molecule has 0 saturated heterocycles. The molecule has 0 aromatic carbocycles. The van der Waals surface area contributed by atoms with E-state index in [0.29, 0.717) is 0 Å². The number of rotatable bonds is 16. The molecule has 0 aliphatic rings. The molecule has 0 aromatic rings. The normalized spacial score (nSPS) is 15.6. The predicted octanol–water partition coefficient (Wildman–Crippen LogP) is 7.36. The summed E-state index contributed by atoms with van der Waals surface area (Å²) >= 11 is 0. The summed E-state index contributed by atoms with van der Waals surface area (Å²) in [7, 11) is 0. The highest BCUT2D eigenvalue weighted by Crippen LogP contribution is 2.53. The van der Waals surface area contributed by atoms with Gasteiger partial charge in [-0.1, -0.05) is 0 Å². The molecule has 0 aliphatic carbocycles. The molecule has 6 nitrogen and oxygen atoms in total. The van der Waals surface area contributed by atoms with Gasteiger partial charge in [0.2, 0.25) is 0 Å². The van der Waals surface area contributed by atoms with E-state index in [-0.39, 0.29) is 0 Å². The lowest BCUT2D eigenvalue weighted by Crippen LogP contribution is -2.63. The lowest BCUT2D eigenvalue weighted by Gasteiger charge is -2.32. The summed E-state index contributed by atoms with van der Waals surface area (Å²) in [6.07, 6.45) is -26.9. The molecule has 0 spiro atoms. The second kappa shape index (κ2) is 12.7. The second-order valence-corrected chi connectivity index (χ2v) is 9.08. The van der Waals surface area contributed by atoms with Crippen LogP contribution in [0.3, 0.4) is 0 Å². The summed E-state index contributed by atoms with van der Waals surface area (Å²) in [6, 6.07) is 0. The number of carbonyl (C=O) groups is 4. The zero-order valence-electron chi connectivity index (χ0n) is 21.7. The van der Waals surface area contributed by atoms with Crippen LogP contribution in [0.1, 0.15) is 25.7 Å². The van der Waals surface area contributed by atoms with Gasteiger partial charge >= 0.3 is 71.7 Å². The van der Waals surface area contributed by atoms with Gasteiger partial charge in [-0.25, -0.2) is 9.59 Å². The maximum absolute atomic E-state index is 14.0. The van der Waals surface area contributed by atoms with E-state index in [1.807, 2.05) is 0 Å². The Morgan fingerprint density at radius 2 is 0.583 bits per heavy atom. The van der Waals surface area contributed by atoms with Gasteiger partial charge in [0.15, 0.2) is 0 Å². The molecule has 0 radical (unpaired) electrons. The third-order valence-corrected chi connectivity index (χ3v) is 5.82. The zero-order chi connectivity index (χ0) is 39.3. The SMILES string of the molecule is O=C(O)/C(CCC(F)(F)C(F)(F)C(=O)C(F)(F)C(F)(F)C(F)(F)F)=C(/CCC(F)(F)C(F)(F)C(=O)C(F)(F)C(F)(F)C(F)(F)F)C(=O)O. The van der Waals surface area contributed by atoms with Crippen molar-refractivity contribution < 1.29 is 126 Å². The Morgan fingerprint density at radius 3 is 0.750 bits per heavy atom. The number of Topliss-reactive ketones (excluding diaryl/α,β-unsaturated/α-hetero) is 2. The van der Waals surface area contributed by atoms with E-state index in [9.17, 15) is 116 Å². The average molecular weight is 764 g/mol. The number of carbonyl (C=O) groups excluding carboxylic acids is 2. The van der Waals surface area contributed by atoms with Crippen molar-refractivity contribution in [2.75, 3.05) is 0 Å². The molecule has 0 aromatic heterocycles. The van der Waals surface area contributed by atoms with Gasteiger partial charge in [-0.3, -0.25) is 9.59 Å². The minimum Gasteiger partial charge on any atom is -0.478 e. The van der Waals surface area contributed by atoms with E-state index in [1.165, 1.54) is 0 Å². The van der Waals surface area contributed by atoms with Crippen LogP contribution >= 0.6 is 0 Å². The van der Waals surface area contributed by atoms with Crippen LogP contribution < -0.4 is 0 Å². The molecular weight excluding hydrogens is 754 g/mol. The first-order chi connectivity index (χ1) is 20.6. The molecule has 280 valence electrons. The minimum absolute atomic E-state index is 2.46. The predicted molar refractivity (Wildman–Crippen MR) is 102 cm³/mol. The van der Waals surface area contributed by atoms with Crippen molar-refractivity contribution in [2.24, 2.45) is 0 Å². The molecule has 0 fully saturated rings. The number of aliphatic carboxylic acids is 2. The minimum atomic E-state index is -7.76. The third kappa shape index (κ3) is 7.54. The smallest absolute Gasteiger partial charge is 0.460 e. The van der Waals surface area contributed by atoms with Gasteiger partial charge in [-0.05, 0) is 12.8 Å². The van der Waals surface area contributed by atoms with E-state index in [4.69, 9.17) is 10.2 Å². The lowest BCUT2D eigenvalue weighted by molar-refractivity contribution is -0.349. The standard InChI is InChI=1S/C20H10F22O6/c21-11(22,13(25,26)9(47)15(29,30)17(33,34)19(37,38)39)3-1-5(7(43)44)6(8(45)46)2-4-12(23,24)14(27,28)10(48)16(31,32)18(35,36)20(40,41)42/h1-4H2,(H,43,44)(H,45,46)/b6-5-. The maximum Gasteiger partial charge on any atom is 0.460 e. The summed E-state index contributed by atoms with van der Waals surface area (Å²) in [5.41, 5.74) is -4.92. The Kier molecular flexibility index (Phi) is 11.8.